The van der Waals surface area contributed by atoms with Crippen molar-refractivity contribution < 1.29 is 0 Å². The molecule has 0 amide bonds. The maximum Gasteiger partial charge on any atom is -0.0355 e. The van der Waals surface area contributed by atoms with Crippen molar-refractivity contribution in [2.24, 2.45) is 23.7 Å². The molecule has 4 atom stereocenters. The summed E-state index contributed by atoms with van der Waals surface area (Å²) in [6.07, 6.45) is 7.18. The molecule has 0 radical (unpaired) electrons. The highest BCUT2D eigenvalue weighted by atomic mass is 14.5. The molecule has 1 aliphatic rings. The van der Waals surface area contributed by atoms with Crippen LogP contribution in [0.25, 0.3) is 0 Å². The smallest absolute Gasteiger partial charge is 0.0355 e. The van der Waals surface area contributed by atoms with Crippen LogP contribution in [0.3, 0.4) is 0 Å². The summed E-state index contributed by atoms with van der Waals surface area (Å²) in [5, 5.41) is 0. The Kier molecular flexibility index (Phi) is 4.28. The van der Waals surface area contributed by atoms with Gasteiger partial charge in [0.05, 0.1) is 0 Å². The molecule has 0 aromatic carbocycles. The van der Waals surface area contributed by atoms with Crippen LogP contribution in [0.1, 0.15) is 59.8 Å². The van der Waals surface area contributed by atoms with Crippen molar-refractivity contribution in [3.63, 3.8) is 0 Å². The van der Waals surface area contributed by atoms with E-state index in [0.29, 0.717) is 0 Å². The van der Waals surface area contributed by atoms with Crippen LogP contribution in [0.15, 0.2) is 0 Å². The molecule has 0 heterocycles. The fourth-order valence-corrected chi connectivity index (χ4v) is 3.20. The second kappa shape index (κ2) is 5.02. The van der Waals surface area contributed by atoms with Gasteiger partial charge in [-0.05, 0) is 30.1 Å². The Labute approximate surface area is 84.1 Å². The second-order valence-electron chi connectivity index (χ2n) is 4.95. The van der Waals surface area contributed by atoms with E-state index >= 15 is 0 Å². The molecule has 0 aliphatic heterocycles. The van der Waals surface area contributed by atoms with Gasteiger partial charge in [0.2, 0.25) is 0 Å². The highest BCUT2D eigenvalue weighted by Crippen LogP contribution is 2.49. The summed E-state index contributed by atoms with van der Waals surface area (Å²) < 4.78 is 0. The average molecular weight is 182 g/mol. The molecule has 0 saturated heterocycles. The van der Waals surface area contributed by atoms with E-state index in [1.165, 1.54) is 32.1 Å². The summed E-state index contributed by atoms with van der Waals surface area (Å²) in [5.41, 5.74) is 0. The lowest BCUT2D eigenvalue weighted by Gasteiger charge is -2.49. The van der Waals surface area contributed by atoms with Gasteiger partial charge in [-0.25, -0.2) is 0 Å². The third-order valence-electron chi connectivity index (χ3n) is 4.34. The molecule has 0 bridgehead atoms. The molecule has 0 aromatic rings. The van der Waals surface area contributed by atoms with Crippen molar-refractivity contribution in [3.05, 3.63) is 0 Å². The maximum absolute atomic E-state index is 2.45. The van der Waals surface area contributed by atoms with E-state index in [4.69, 9.17) is 0 Å². The van der Waals surface area contributed by atoms with Gasteiger partial charge < -0.3 is 0 Å². The lowest BCUT2D eigenvalue weighted by Crippen LogP contribution is -2.43. The quantitative estimate of drug-likeness (QED) is 0.549. The Morgan fingerprint density at radius 3 is 2.00 bits per heavy atom. The maximum atomic E-state index is 2.45. The molecule has 0 heteroatoms. The number of hydrogen-bond acceptors (Lipinski definition) is 0. The van der Waals surface area contributed by atoms with Crippen molar-refractivity contribution >= 4 is 0 Å². The molecule has 1 saturated carbocycles. The Balaban J connectivity index is 2.24. The third kappa shape index (κ3) is 2.27. The Hall–Kier alpha value is 0. The number of hydrogen-bond donors (Lipinski definition) is 0. The first-order valence-corrected chi connectivity index (χ1v) is 6.22. The third-order valence-corrected chi connectivity index (χ3v) is 4.34. The molecule has 78 valence electrons. The van der Waals surface area contributed by atoms with Crippen LogP contribution < -0.4 is 0 Å². The van der Waals surface area contributed by atoms with Crippen LogP contribution in [0.4, 0.5) is 0 Å². The first-order valence-electron chi connectivity index (χ1n) is 6.22. The fourth-order valence-electron chi connectivity index (χ4n) is 3.20. The number of unbranched alkanes of at least 4 members (excludes halogenated alkanes) is 2. The molecule has 4 unspecified atom stereocenters. The zero-order valence-corrected chi connectivity index (χ0v) is 9.84. The summed E-state index contributed by atoms with van der Waals surface area (Å²) in [4.78, 5) is 0. The van der Waals surface area contributed by atoms with Crippen LogP contribution in [0, 0.1) is 23.7 Å². The summed E-state index contributed by atoms with van der Waals surface area (Å²) in [5.74, 6) is 4.11. The van der Waals surface area contributed by atoms with E-state index in [1.807, 2.05) is 0 Å². The van der Waals surface area contributed by atoms with Gasteiger partial charge in [-0.15, -0.1) is 0 Å². The van der Waals surface area contributed by atoms with Gasteiger partial charge in [0.1, 0.15) is 0 Å². The fraction of sp³-hybridized carbons (Fsp3) is 1.00. The van der Waals surface area contributed by atoms with Gasteiger partial charge in [-0.2, -0.15) is 0 Å². The normalized spacial score (nSPS) is 38.8. The van der Waals surface area contributed by atoms with Crippen LogP contribution in [-0.4, -0.2) is 0 Å². The van der Waals surface area contributed by atoms with E-state index in [0.717, 1.165) is 23.7 Å². The van der Waals surface area contributed by atoms with Gasteiger partial charge in [0.15, 0.2) is 0 Å². The SMILES string of the molecule is CCCCCC1C(C)C(C)C1CC. The van der Waals surface area contributed by atoms with Crippen LogP contribution >= 0.6 is 0 Å². The van der Waals surface area contributed by atoms with Crippen molar-refractivity contribution in [3.8, 4) is 0 Å². The lowest BCUT2D eigenvalue weighted by atomic mass is 9.56. The molecule has 1 fully saturated rings. The van der Waals surface area contributed by atoms with Crippen molar-refractivity contribution in [1.82, 2.24) is 0 Å². The standard InChI is InChI=1S/C13H26/c1-5-7-8-9-13-11(4)10(3)12(13)6-2/h10-13H,5-9H2,1-4H3. The molecular weight excluding hydrogens is 156 g/mol. The van der Waals surface area contributed by atoms with Gasteiger partial charge in [-0.3, -0.25) is 0 Å². The molecule has 0 N–H and O–H groups in total. The van der Waals surface area contributed by atoms with E-state index in [9.17, 15) is 0 Å². The monoisotopic (exact) mass is 182 g/mol. The van der Waals surface area contributed by atoms with Crippen LogP contribution in [0.5, 0.6) is 0 Å². The first-order chi connectivity index (χ1) is 6.22. The van der Waals surface area contributed by atoms with E-state index in [1.54, 1.807) is 0 Å². The summed E-state index contributed by atoms with van der Waals surface area (Å²) >= 11 is 0. The highest BCUT2D eigenvalue weighted by Gasteiger charge is 2.42. The molecular formula is C13H26. The Morgan fingerprint density at radius 1 is 0.846 bits per heavy atom. The minimum Gasteiger partial charge on any atom is -0.0654 e. The molecule has 13 heavy (non-hydrogen) atoms. The zero-order valence-electron chi connectivity index (χ0n) is 9.84. The molecule has 0 aromatic heterocycles. The lowest BCUT2D eigenvalue weighted by molar-refractivity contribution is -0.00770. The van der Waals surface area contributed by atoms with Gasteiger partial charge in [0.25, 0.3) is 0 Å². The average Bonchev–Trinajstić information content (AvgIpc) is 2.16. The summed E-state index contributed by atoms with van der Waals surface area (Å²) in [6, 6.07) is 0. The minimum absolute atomic E-state index is 0.997. The van der Waals surface area contributed by atoms with E-state index in [-0.39, 0.29) is 0 Å². The zero-order chi connectivity index (χ0) is 9.84. The summed E-state index contributed by atoms with van der Waals surface area (Å²) in [7, 11) is 0. The van der Waals surface area contributed by atoms with Gasteiger partial charge in [0, 0.05) is 0 Å². The van der Waals surface area contributed by atoms with Gasteiger partial charge >= 0.3 is 0 Å². The molecule has 1 aliphatic carbocycles. The van der Waals surface area contributed by atoms with Crippen molar-refractivity contribution in [2.45, 2.75) is 59.8 Å². The first kappa shape index (κ1) is 11.1. The van der Waals surface area contributed by atoms with E-state index in [2.05, 4.69) is 27.7 Å². The number of rotatable bonds is 5. The van der Waals surface area contributed by atoms with Crippen molar-refractivity contribution in [1.29, 1.82) is 0 Å². The predicted octanol–water partition coefficient (Wildman–Crippen LogP) is 4.49. The summed E-state index contributed by atoms with van der Waals surface area (Å²) in [6.45, 7) is 9.55. The van der Waals surface area contributed by atoms with E-state index < -0.39 is 0 Å². The Bertz CT molecular complexity index is 139. The topological polar surface area (TPSA) is 0 Å². The Morgan fingerprint density at radius 2 is 1.46 bits per heavy atom. The molecule has 0 nitrogen and oxygen atoms in total. The molecule has 1 rings (SSSR count). The predicted molar refractivity (Wildman–Crippen MR) is 59.7 cm³/mol. The minimum atomic E-state index is 0.997. The highest BCUT2D eigenvalue weighted by molar-refractivity contribution is 4.91. The van der Waals surface area contributed by atoms with Crippen LogP contribution in [0.2, 0.25) is 0 Å². The van der Waals surface area contributed by atoms with Gasteiger partial charge in [-0.1, -0.05) is 53.4 Å². The molecule has 0 spiro atoms. The second-order valence-corrected chi connectivity index (χ2v) is 4.95. The van der Waals surface area contributed by atoms with Crippen LogP contribution in [-0.2, 0) is 0 Å². The van der Waals surface area contributed by atoms with Crippen molar-refractivity contribution in [2.75, 3.05) is 0 Å². The largest absolute Gasteiger partial charge is 0.0654 e.